The normalized spacial score (nSPS) is 23.6. The lowest BCUT2D eigenvalue weighted by molar-refractivity contribution is -0.143. The van der Waals surface area contributed by atoms with Crippen LogP contribution in [0.5, 0.6) is 0 Å². The predicted molar refractivity (Wildman–Crippen MR) is 66.2 cm³/mol. The molecule has 2 unspecified atom stereocenters. The molecule has 1 amide bonds. The molecule has 0 aromatic carbocycles. The molecule has 0 radical (unpaired) electrons. The average molecular weight is 266 g/mol. The smallest absolute Gasteiger partial charge is 0.308 e. The van der Waals surface area contributed by atoms with E-state index in [1.807, 2.05) is 0 Å². The standard InChI is InChI=1S/C12H18N4O3/c17-11(8-16-7-6-13-15-16)14-10-5-3-1-2-4-9(10)12(18)19/h6-7,9-10H,1-5,8H2,(H,14,17)(H,18,19). The second-order valence-electron chi connectivity index (χ2n) is 4.86. The van der Waals surface area contributed by atoms with Crippen molar-refractivity contribution in [1.82, 2.24) is 20.3 Å². The molecule has 2 atom stereocenters. The van der Waals surface area contributed by atoms with Crippen LogP contribution in [-0.4, -0.2) is 38.0 Å². The molecule has 0 aliphatic heterocycles. The van der Waals surface area contributed by atoms with Crippen LogP contribution in [0.3, 0.4) is 0 Å². The van der Waals surface area contributed by atoms with Gasteiger partial charge in [-0.1, -0.05) is 24.5 Å². The van der Waals surface area contributed by atoms with Crippen LogP contribution in [-0.2, 0) is 16.1 Å². The van der Waals surface area contributed by atoms with E-state index in [0.717, 1.165) is 25.7 Å². The molecule has 19 heavy (non-hydrogen) atoms. The molecule has 0 bridgehead atoms. The van der Waals surface area contributed by atoms with Crippen molar-refractivity contribution >= 4 is 11.9 Å². The molecule has 0 saturated heterocycles. The minimum Gasteiger partial charge on any atom is -0.481 e. The molecule has 1 aromatic rings. The van der Waals surface area contributed by atoms with Crippen molar-refractivity contribution in [3.8, 4) is 0 Å². The van der Waals surface area contributed by atoms with Crippen LogP contribution in [0.1, 0.15) is 32.1 Å². The zero-order chi connectivity index (χ0) is 13.7. The Balaban J connectivity index is 1.94. The lowest BCUT2D eigenvalue weighted by Gasteiger charge is -2.22. The largest absolute Gasteiger partial charge is 0.481 e. The molecule has 1 heterocycles. The van der Waals surface area contributed by atoms with Crippen molar-refractivity contribution in [2.45, 2.75) is 44.7 Å². The Morgan fingerprint density at radius 3 is 2.79 bits per heavy atom. The van der Waals surface area contributed by atoms with Gasteiger partial charge in [0.2, 0.25) is 5.91 Å². The van der Waals surface area contributed by atoms with Gasteiger partial charge in [-0.2, -0.15) is 0 Å². The highest BCUT2D eigenvalue weighted by Crippen LogP contribution is 2.23. The number of aliphatic carboxylic acids is 1. The third-order valence-corrected chi connectivity index (χ3v) is 3.46. The Hall–Kier alpha value is -1.92. The molecule has 1 aliphatic carbocycles. The summed E-state index contributed by atoms with van der Waals surface area (Å²) in [4.78, 5) is 23.1. The van der Waals surface area contributed by atoms with Gasteiger partial charge < -0.3 is 10.4 Å². The minimum atomic E-state index is -0.826. The van der Waals surface area contributed by atoms with E-state index < -0.39 is 11.9 Å². The number of carbonyl (C=O) groups is 2. The molecule has 104 valence electrons. The average Bonchev–Trinajstić information content (AvgIpc) is 2.73. The van der Waals surface area contributed by atoms with Crippen molar-refractivity contribution in [3.05, 3.63) is 12.4 Å². The maximum Gasteiger partial charge on any atom is 0.308 e. The second-order valence-corrected chi connectivity index (χ2v) is 4.86. The summed E-state index contributed by atoms with van der Waals surface area (Å²) < 4.78 is 1.42. The van der Waals surface area contributed by atoms with Crippen molar-refractivity contribution in [3.63, 3.8) is 0 Å². The Bertz CT molecular complexity index is 432. The van der Waals surface area contributed by atoms with E-state index in [4.69, 9.17) is 0 Å². The van der Waals surface area contributed by atoms with E-state index in [9.17, 15) is 14.7 Å². The van der Waals surface area contributed by atoms with Gasteiger partial charge in [0.1, 0.15) is 6.54 Å². The summed E-state index contributed by atoms with van der Waals surface area (Å²) in [5.41, 5.74) is 0. The SMILES string of the molecule is O=C(Cn1ccnn1)NC1CCCCCC1C(=O)O. The number of nitrogens with one attached hydrogen (secondary N) is 1. The Kier molecular flexibility index (Phi) is 4.48. The summed E-state index contributed by atoms with van der Waals surface area (Å²) in [6.45, 7) is 0.0723. The van der Waals surface area contributed by atoms with Gasteiger partial charge in [0.15, 0.2) is 0 Å². The fraction of sp³-hybridized carbons (Fsp3) is 0.667. The van der Waals surface area contributed by atoms with Gasteiger partial charge in [-0.25, -0.2) is 4.68 Å². The van der Waals surface area contributed by atoms with Crippen LogP contribution < -0.4 is 5.32 Å². The van der Waals surface area contributed by atoms with Gasteiger partial charge >= 0.3 is 5.97 Å². The predicted octanol–water partition coefficient (Wildman–Crippen LogP) is 0.428. The first-order valence-electron chi connectivity index (χ1n) is 6.53. The zero-order valence-corrected chi connectivity index (χ0v) is 10.7. The van der Waals surface area contributed by atoms with Crippen molar-refractivity contribution < 1.29 is 14.7 Å². The van der Waals surface area contributed by atoms with Gasteiger partial charge in [-0.3, -0.25) is 9.59 Å². The first-order chi connectivity index (χ1) is 9.16. The van der Waals surface area contributed by atoms with E-state index in [-0.39, 0.29) is 18.5 Å². The van der Waals surface area contributed by atoms with Crippen LogP contribution in [0.25, 0.3) is 0 Å². The molecule has 1 aromatic heterocycles. The summed E-state index contributed by atoms with van der Waals surface area (Å²) >= 11 is 0. The number of hydrogen-bond donors (Lipinski definition) is 2. The maximum atomic E-state index is 11.9. The van der Waals surface area contributed by atoms with Crippen LogP contribution in [0, 0.1) is 5.92 Å². The number of aromatic nitrogens is 3. The fourth-order valence-electron chi connectivity index (χ4n) is 2.49. The Labute approximate surface area is 111 Å². The highest BCUT2D eigenvalue weighted by atomic mass is 16.4. The monoisotopic (exact) mass is 266 g/mol. The van der Waals surface area contributed by atoms with Crippen LogP contribution >= 0.6 is 0 Å². The summed E-state index contributed by atoms with van der Waals surface area (Å²) in [5, 5.41) is 19.4. The van der Waals surface area contributed by atoms with Crippen molar-refractivity contribution in [2.24, 2.45) is 5.92 Å². The van der Waals surface area contributed by atoms with E-state index in [1.54, 1.807) is 6.20 Å². The third kappa shape index (κ3) is 3.77. The molecule has 2 N–H and O–H groups in total. The molecule has 1 fully saturated rings. The van der Waals surface area contributed by atoms with E-state index >= 15 is 0 Å². The molecular weight excluding hydrogens is 248 g/mol. The molecule has 7 heteroatoms. The van der Waals surface area contributed by atoms with Gasteiger partial charge in [-0.05, 0) is 12.8 Å². The highest BCUT2D eigenvalue weighted by Gasteiger charge is 2.30. The lowest BCUT2D eigenvalue weighted by atomic mass is 9.95. The molecular formula is C12H18N4O3. The lowest BCUT2D eigenvalue weighted by Crippen LogP contribution is -2.44. The zero-order valence-electron chi connectivity index (χ0n) is 10.7. The summed E-state index contributed by atoms with van der Waals surface area (Å²) in [6, 6.07) is -0.281. The first-order valence-corrected chi connectivity index (χ1v) is 6.53. The number of carboxylic acid groups (broad SMARTS) is 1. The number of nitrogens with zero attached hydrogens (tertiary/aromatic N) is 3. The fourth-order valence-corrected chi connectivity index (χ4v) is 2.49. The molecule has 1 aliphatic rings. The molecule has 1 saturated carbocycles. The number of hydrogen-bond acceptors (Lipinski definition) is 4. The quantitative estimate of drug-likeness (QED) is 0.770. The molecule has 0 spiro atoms. The maximum absolute atomic E-state index is 11.9. The van der Waals surface area contributed by atoms with Crippen molar-refractivity contribution in [1.29, 1.82) is 0 Å². The van der Waals surface area contributed by atoms with Gasteiger partial charge in [0.05, 0.1) is 12.1 Å². The number of carbonyl (C=O) groups excluding carboxylic acids is 1. The Morgan fingerprint density at radius 2 is 2.11 bits per heavy atom. The highest BCUT2D eigenvalue weighted by molar-refractivity contribution is 5.77. The topological polar surface area (TPSA) is 97.1 Å². The molecule has 2 rings (SSSR count). The number of amides is 1. The summed E-state index contributed by atoms with van der Waals surface area (Å²) in [5.74, 6) is -1.53. The van der Waals surface area contributed by atoms with E-state index in [2.05, 4.69) is 15.6 Å². The summed E-state index contributed by atoms with van der Waals surface area (Å²) in [7, 11) is 0. The van der Waals surface area contributed by atoms with Gasteiger partial charge in [0, 0.05) is 12.2 Å². The van der Waals surface area contributed by atoms with Crippen LogP contribution in [0.2, 0.25) is 0 Å². The third-order valence-electron chi connectivity index (χ3n) is 3.46. The second kappa shape index (κ2) is 6.31. The van der Waals surface area contributed by atoms with E-state index in [1.165, 1.54) is 10.9 Å². The number of rotatable bonds is 4. The van der Waals surface area contributed by atoms with E-state index in [0.29, 0.717) is 6.42 Å². The molecule has 7 nitrogen and oxygen atoms in total. The first kappa shape index (κ1) is 13.5. The Morgan fingerprint density at radius 1 is 1.32 bits per heavy atom. The minimum absolute atomic E-state index is 0.0723. The van der Waals surface area contributed by atoms with Crippen LogP contribution in [0.4, 0.5) is 0 Å². The van der Waals surface area contributed by atoms with Gasteiger partial charge in [0.25, 0.3) is 0 Å². The number of carboxylic acids is 1. The van der Waals surface area contributed by atoms with Crippen LogP contribution in [0.15, 0.2) is 12.4 Å². The summed E-state index contributed by atoms with van der Waals surface area (Å²) in [6.07, 6.45) is 7.34. The van der Waals surface area contributed by atoms with Crippen molar-refractivity contribution in [2.75, 3.05) is 0 Å². The van der Waals surface area contributed by atoms with Gasteiger partial charge in [-0.15, -0.1) is 5.10 Å².